The second-order valence-corrected chi connectivity index (χ2v) is 6.61. The smallest absolute Gasteiger partial charge is 0.315 e. The molecule has 0 unspecified atom stereocenters. The van der Waals surface area contributed by atoms with E-state index in [1.807, 2.05) is 12.1 Å². The van der Waals surface area contributed by atoms with Gasteiger partial charge in [0, 0.05) is 31.4 Å². The van der Waals surface area contributed by atoms with Gasteiger partial charge in [-0.1, -0.05) is 6.42 Å². The van der Waals surface area contributed by atoms with Crippen molar-refractivity contribution in [2.75, 3.05) is 31.6 Å². The second-order valence-electron chi connectivity index (χ2n) is 6.61. The van der Waals surface area contributed by atoms with Crippen molar-refractivity contribution in [3.63, 3.8) is 0 Å². The third kappa shape index (κ3) is 4.30. The van der Waals surface area contributed by atoms with Gasteiger partial charge in [0.25, 0.3) is 0 Å². The Bertz CT molecular complexity index is 506. The van der Waals surface area contributed by atoms with Crippen LogP contribution in [0.1, 0.15) is 32.1 Å². The molecule has 0 spiro atoms. The average molecular weight is 317 g/mol. The fourth-order valence-corrected chi connectivity index (χ4v) is 3.25. The first-order valence-electron chi connectivity index (χ1n) is 8.68. The molecule has 0 bridgehead atoms. The Kier molecular flexibility index (Phi) is 5.26. The molecular formula is C18H27N3O2. The van der Waals surface area contributed by atoms with Crippen LogP contribution in [0.15, 0.2) is 24.3 Å². The largest absolute Gasteiger partial charge is 0.497 e. The molecular weight excluding hydrogens is 290 g/mol. The zero-order valence-corrected chi connectivity index (χ0v) is 13.9. The summed E-state index contributed by atoms with van der Waals surface area (Å²) < 4.78 is 5.20. The minimum atomic E-state index is -0.000188. The molecule has 2 aliphatic rings. The highest BCUT2D eigenvalue weighted by atomic mass is 16.5. The maximum Gasteiger partial charge on any atom is 0.315 e. The van der Waals surface area contributed by atoms with Crippen LogP contribution in [0.4, 0.5) is 10.5 Å². The summed E-state index contributed by atoms with van der Waals surface area (Å²) in [6.07, 6.45) is 5.82. The highest BCUT2D eigenvalue weighted by Crippen LogP contribution is 2.25. The van der Waals surface area contributed by atoms with Gasteiger partial charge in [-0.2, -0.15) is 0 Å². The number of hydrogen-bond donors (Lipinski definition) is 2. The highest BCUT2D eigenvalue weighted by molar-refractivity contribution is 5.74. The number of amides is 2. The van der Waals surface area contributed by atoms with Crippen LogP contribution in [0, 0.1) is 5.92 Å². The molecule has 23 heavy (non-hydrogen) atoms. The van der Waals surface area contributed by atoms with E-state index in [-0.39, 0.29) is 12.1 Å². The lowest BCUT2D eigenvalue weighted by molar-refractivity contribution is 0.226. The maximum atomic E-state index is 11.9. The molecule has 0 atom stereocenters. The molecule has 1 saturated carbocycles. The summed E-state index contributed by atoms with van der Waals surface area (Å²) in [6.45, 7) is 2.77. The van der Waals surface area contributed by atoms with Crippen molar-refractivity contribution >= 4 is 11.7 Å². The number of methoxy groups -OCH3 is 1. The number of nitrogens with one attached hydrogen (secondary N) is 2. The number of anilines is 1. The molecule has 1 aliphatic carbocycles. The van der Waals surface area contributed by atoms with Crippen LogP contribution in [-0.4, -0.2) is 38.8 Å². The van der Waals surface area contributed by atoms with Crippen LogP contribution in [0.25, 0.3) is 0 Å². The number of hydrogen-bond acceptors (Lipinski definition) is 3. The molecule has 1 aliphatic heterocycles. The normalized spacial score (nSPS) is 19.1. The molecule has 1 heterocycles. The molecule has 2 fully saturated rings. The molecule has 0 aromatic heterocycles. The monoisotopic (exact) mass is 317 g/mol. The lowest BCUT2D eigenvalue weighted by Crippen LogP contribution is -2.49. The minimum Gasteiger partial charge on any atom is -0.497 e. The van der Waals surface area contributed by atoms with Crippen molar-refractivity contribution in [3.05, 3.63) is 24.3 Å². The lowest BCUT2D eigenvalue weighted by atomic mass is 9.85. The van der Waals surface area contributed by atoms with Gasteiger partial charge in [0.15, 0.2) is 0 Å². The van der Waals surface area contributed by atoms with Gasteiger partial charge >= 0.3 is 6.03 Å². The number of urea groups is 1. The van der Waals surface area contributed by atoms with Crippen molar-refractivity contribution in [1.29, 1.82) is 0 Å². The van der Waals surface area contributed by atoms with Gasteiger partial charge in [0.2, 0.25) is 0 Å². The Morgan fingerprint density at radius 1 is 1.17 bits per heavy atom. The minimum absolute atomic E-state index is 0.000188. The fourth-order valence-electron chi connectivity index (χ4n) is 3.25. The highest BCUT2D eigenvalue weighted by Gasteiger charge is 2.22. The van der Waals surface area contributed by atoms with Gasteiger partial charge in [0.1, 0.15) is 5.75 Å². The number of rotatable bonds is 5. The summed E-state index contributed by atoms with van der Waals surface area (Å²) >= 11 is 0. The van der Waals surface area contributed by atoms with Crippen molar-refractivity contribution < 1.29 is 9.53 Å². The van der Waals surface area contributed by atoms with Crippen LogP contribution in [0.5, 0.6) is 5.75 Å². The predicted molar refractivity (Wildman–Crippen MR) is 92.1 cm³/mol. The third-order valence-electron chi connectivity index (χ3n) is 5.04. The molecule has 126 valence electrons. The lowest BCUT2D eigenvalue weighted by Gasteiger charge is -2.34. The van der Waals surface area contributed by atoms with Crippen LogP contribution >= 0.6 is 0 Å². The Morgan fingerprint density at radius 2 is 1.87 bits per heavy atom. The molecule has 2 amide bonds. The number of nitrogens with zero attached hydrogens (tertiary/aromatic N) is 1. The van der Waals surface area contributed by atoms with E-state index in [0.29, 0.717) is 5.92 Å². The summed E-state index contributed by atoms with van der Waals surface area (Å²) in [5.74, 6) is 1.59. The maximum absolute atomic E-state index is 11.9. The summed E-state index contributed by atoms with van der Waals surface area (Å²) in [6, 6.07) is 8.46. The number of carbonyl (C=O) groups is 1. The van der Waals surface area contributed by atoms with E-state index in [9.17, 15) is 4.79 Å². The Hall–Kier alpha value is -1.91. The first-order chi connectivity index (χ1) is 11.2. The van der Waals surface area contributed by atoms with Gasteiger partial charge in [-0.3, -0.25) is 0 Å². The topological polar surface area (TPSA) is 53.6 Å². The summed E-state index contributed by atoms with van der Waals surface area (Å²) in [5.41, 5.74) is 1.22. The predicted octanol–water partition coefficient (Wildman–Crippen LogP) is 2.76. The molecule has 5 heteroatoms. The van der Waals surface area contributed by atoms with Gasteiger partial charge < -0.3 is 20.3 Å². The summed E-state index contributed by atoms with van der Waals surface area (Å²) in [7, 11) is 1.68. The first-order valence-corrected chi connectivity index (χ1v) is 8.68. The summed E-state index contributed by atoms with van der Waals surface area (Å²) in [5, 5.41) is 6.13. The number of ether oxygens (including phenoxy) is 1. The van der Waals surface area contributed by atoms with Gasteiger partial charge in [0.05, 0.1) is 7.11 Å². The van der Waals surface area contributed by atoms with Crippen molar-refractivity contribution in [2.24, 2.45) is 5.92 Å². The Labute approximate surface area is 138 Å². The molecule has 1 aromatic rings. The molecule has 2 N–H and O–H groups in total. The number of benzene rings is 1. The molecule has 3 rings (SSSR count). The van der Waals surface area contributed by atoms with Crippen molar-refractivity contribution in [2.45, 2.75) is 38.1 Å². The van der Waals surface area contributed by atoms with Gasteiger partial charge in [-0.25, -0.2) is 4.79 Å². The zero-order valence-electron chi connectivity index (χ0n) is 13.9. The van der Waals surface area contributed by atoms with E-state index in [4.69, 9.17) is 4.74 Å². The Balaban J connectivity index is 1.39. The molecule has 5 nitrogen and oxygen atoms in total. The fraction of sp³-hybridized carbons (Fsp3) is 0.611. The van der Waals surface area contributed by atoms with E-state index < -0.39 is 0 Å². The molecule has 0 radical (unpaired) electrons. The molecule has 1 aromatic carbocycles. The van der Waals surface area contributed by atoms with Crippen LogP contribution in [0.2, 0.25) is 0 Å². The standard InChI is InChI=1S/C18H27N3O2/c1-23-17-7-5-16(6-8-17)21-11-9-15(10-12-21)20-18(22)19-13-14-3-2-4-14/h5-8,14-15H,2-4,9-13H2,1H3,(H2,19,20,22). The number of piperidine rings is 1. The van der Waals surface area contributed by atoms with Crippen LogP contribution < -0.4 is 20.3 Å². The average Bonchev–Trinajstić information content (AvgIpc) is 2.54. The van der Waals surface area contributed by atoms with E-state index in [1.165, 1.54) is 24.9 Å². The van der Waals surface area contributed by atoms with Gasteiger partial charge in [-0.05, 0) is 55.9 Å². The van der Waals surface area contributed by atoms with Crippen LogP contribution in [-0.2, 0) is 0 Å². The van der Waals surface area contributed by atoms with Crippen LogP contribution in [0.3, 0.4) is 0 Å². The first kappa shape index (κ1) is 16.0. The molecule has 1 saturated heterocycles. The third-order valence-corrected chi connectivity index (χ3v) is 5.04. The second kappa shape index (κ2) is 7.57. The van der Waals surface area contributed by atoms with E-state index in [2.05, 4.69) is 27.7 Å². The SMILES string of the molecule is COc1ccc(N2CCC(NC(=O)NCC3CCC3)CC2)cc1. The number of carbonyl (C=O) groups excluding carboxylic acids is 1. The van der Waals surface area contributed by atoms with Gasteiger partial charge in [-0.15, -0.1) is 0 Å². The van der Waals surface area contributed by atoms with Crippen molar-refractivity contribution in [1.82, 2.24) is 10.6 Å². The Morgan fingerprint density at radius 3 is 2.43 bits per heavy atom. The van der Waals surface area contributed by atoms with Crippen molar-refractivity contribution in [3.8, 4) is 5.75 Å². The van der Waals surface area contributed by atoms with E-state index >= 15 is 0 Å². The quantitative estimate of drug-likeness (QED) is 0.878. The zero-order chi connectivity index (χ0) is 16.1. The van der Waals surface area contributed by atoms with E-state index in [1.54, 1.807) is 7.11 Å². The van der Waals surface area contributed by atoms with E-state index in [0.717, 1.165) is 38.2 Å². The summed E-state index contributed by atoms with van der Waals surface area (Å²) in [4.78, 5) is 14.3.